The Morgan fingerprint density at radius 1 is 1.33 bits per heavy atom. The van der Waals surface area contributed by atoms with E-state index >= 15 is 0 Å². The van der Waals surface area contributed by atoms with Crippen LogP contribution in [-0.2, 0) is 4.79 Å². The van der Waals surface area contributed by atoms with Gasteiger partial charge in [0.25, 0.3) is 5.91 Å². The minimum Gasteiger partial charge on any atom is -0.481 e. The molecule has 1 spiro atoms. The standard InChI is InChI=1S/C18H19F2N3O4/c19-17(20)27-12-2-10-8-21-23-15(10)13(3-12)16(26)22-11-6-18(7-11)4-9(5-18)1-14(24)25/h2-3,8-9,11,17H,1,4-7H2,(H,21,23)(H,22,26)(H,24,25). The molecule has 144 valence electrons. The number of rotatable bonds is 6. The van der Waals surface area contributed by atoms with Gasteiger partial charge in [0.15, 0.2) is 0 Å². The van der Waals surface area contributed by atoms with Crippen LogP contribution in [0.15, 0.2) is 18.3 Å². The molecule has 7 nitrogen and oxygen atoms in total. The number of benzene rings is 1. The summed E-state index contributed by atoms with van der Waals surface area (Å²) >= 11 is 0. The molecule has 2 saturated carbocycles. The largest absolute Gasteiger partial charge is 0.481 e. The lowest BCUT2D eigenvalue weighted by molar-refractivity contribution is -0.142. The summed E-state index contributed by atoms with van der Waals surface area (Å²) in [7, 11) is 0. The second-order valence-electron chi connectivity index (χ2n) is 7.63. The van der Waals surface area contributed by atoms with E-state index in [0.717, 1.165) is 25.7 Å². The smallest absolute Gasteiger partial charge is 0.387 e. The van der Waals surface area contributed by atoms with E-state index in [9.17, 15) is 18.4 Å². The normalized spacial score (nSPS) is 26.6. The van der Waals surface area contributed by atoms with Gasteiger partial charge in [0.1, 0.15) is 5.75 Å². The Bertz CT molecular complexity index is 884. The van der Waals surface area contributed by atoms with Crippen LogP contribution in [0.4, 0.5) is 8.78 Å². The number of aromatic amines is 1. The Labute approximate surface area is 153 Å². The van der Waals surface area contributed by atoms with Crippen molar-refractivity contribution in [1.82, 2.24) is 15.5 Å². The number of carbonyl (C=O) groups is 2. The van der Waals surface area contributed by atoms with Gasteiger partial charge in [0, 0.05) is 17.8 Å². The highest BCUT2D eigenvalue weighted by atomic mass is 19.3. The highest BCUT2D eigenvalue weighted by molar-refractivity contribution is 6.06. The van der Waals surface area contributed by atoms with Gasteiger partial charge in [-0.25, -0.2) is 0 Å². The van der Waals surface area contributed by atoms with Crippen LogP contribution in [0.25, 0.3) is 10.9 Å². The average Bonchev–Trinajstić information content (AvgIpc) is 2.97. The van der Waals surface area contributed by atoms with Gasteiger partial charge in [0.05, 0.1) is 17.3 Å². The number of H-pyrrole nitrogens is 1. The molecule has 0 aliphatic heterocycles. The van der Waals surface area contributed by atoms with Crippen LogP contribution in [0.3, 0.4) is 0 Å². The third kappa shape index (κ3) is 3.45. The number of halogens is 2. The molecule has 1 aromatic carbocycles. The molecule has 1 aromatic heterocycles. The first-order chi connectivity index (χ1) is 12.8. The molecule has 0 bridgehead atoms. The van der Waals surface area contributed by atoms with Gasteiger partial charge in [-0.2, -0.15) is 13.9 Å². The Hall–Kier alpha value is -2.71. The Balaban J connectivity index is 1.40. The zero-order chi connectivity index (χ0) is 19.2. The molecule has 2 fully saturated rings. The maximum Gasteiger partial charge on any atom is 0.387 e. The summed E-state index contributed by atoms with van der Waals surface area (Å²) in [5.74, 6) is -1.00. The van der Waals surface area contributed by atoms with Gasteiger partial charge in [-0.05, 0) is 49.1 Å². The summed E-state index contributed by atoms with van der Waals surface area (Å²) in [4.78, 5) is 23.4. The lowest BCUT2D eigenvalue weighted by Gasteiger charge is -2.57. The number of carboxylic acids is 1. The second kappa shape index (κ2) is 6.47. The summed E-state index contributed by atoms with van der Waals surface area (Å²) in [5, 5.41) is 18.8. The second-order valence-corrected chi connectivity index (χ2v) is 7.63. The lowest BCUT2D eigenvalue weighted by atomic mass is 9.49. The third-order valence-corrected chi connectivity index (χ3v) is 5.59. The molecule has 1 amide bonds. The van der Waals surface area contributed by atoms with Crippen molar-refractivity contribution < 1.29 is 28.2 Å². The SMILES string of the molecule is O=C(O)CC1CC2(C1)CC(NC(=O)c1cc(OC(F)F)cc3cn[nH]c13)C2. The first-order valence-corrected chi connectivity index (χ1v) is 8.78. The number of alkyl halides is 2. The van der Waals surface area contributed by atoms with Crippen LogP contribution in [0.1, 0.15) is 42.5 Å². The number of aromatic nitrogens is 2. The van der Waals surface area contributed by atoms with Gasteiger partial charge in [-0.3, -0.25) is 14.7 Å². The van der Waals surface area contributed by atoms with Crippen molar-refractivity contribution in [1.29, 1.82) is 0 Å². The van der Waals surface area contributed by atoms with E-state index in [1.54, 1.807) is 0 Å². The summed E-state index contributed by atoms with van der Waals surface area (Å²) < 4.78 is 29.5. The molecule has 27 heavy (non-hydrogen) atoms. The van der Waals surface area contributed by atoms with E-state index in [-0.39, 0.29) is 41.0 Å². The maximum absolute atomic E-state index is 12.6. The molecule has 0 radical (unpaired) electrons. The van der Waals surface area contributed by atoms with Crippen LogP contribution < -0.4 is 10.1 Å². The van der Waals surface area contributed by atoms with Gasteiger partial charge in [0.2, 0.25) is 0 Å². The molecule has 0 saturated heterocycles. The predicted octanol–water partition coefficient (Wildman–Crippen LogP) is 2.93. The highest BCUT2D eigenvalue weighted by Gasteiger charge is 2.53. The van der Waals surface area contributed by atoms with Crippen molar-refractivity contribution in [3.8, 4) is 5.75 Å². The molecule has 0 unspecified atom stereocenters. The minimum absolute atomic E-state index is 0.000854. The van der Waals surface area contributed by atoms with Crippen molar-refractivity contribution in [2.75, 3.05) is 0 Å². The van der Waals surface area contributed by atoms with Gasteiger partial charge in [-0.1, -0.05) is 0 Å². The molecule has 2 aliphatic rings. The predicted molar refractivity (Wildman–Crippen MR) is 90.6 cm³/mol. The number of ether oxygens (including phenoxy) is 1. The number of nitrogens with one attached hydrogen (secondary N) is 2. The Kier molecular flexibility index (Phi) is 4.24. The molecule has 9 heteroatoms. The maximum atomic E-state index is 12.6. The van der Waals surface area contributed by atoms with Crippen LogP contribution in [-0.4, -0.2) is 39.8 Å². The Morgan fingerprint density at radius 2 is 2.07 bits per heavy atom. The summed E-state index contributed by atoms with van der Waals surface area (Å²) in [6.07, 6.45) is 5.04. The van der Waals surface area contributed by atoms with E-state index < -0.39 is 12.6 Å². The van der Waals surface area contributed by atoms with Gasteiger partial charge >= 0.3 is 12.6 Å². The minimum atomic E-state index is -2.98. The van der Waals surface area contributed by atoms with E-state index in [4.69, 9.17) is 5.11 Å². The monoisotopic (exact) mass is 379 g/mol. The molecule has 3 N–H and O–H groups in total. The number of carbonyl (C=O) groups excluding carboxylic acids is 1. The number of aliphatic carboxylic acids is 1. The molecule has 2 aromatic rings. The van der Waals surface area contributed by atoms with Crippen LogP contribution in [0.5, 0.6) is 5.75 Å². The van der Waals surface area contributed by atoms with E-state index in [1.165, 1.54) is 18.3 Å². The van der Waals surface area contributed by atoms with Gasteiger partial charge < -0.3 is 15.2 Å². The molecule has 0 atom stereocenters. The van der Waals surface area contributed by atoms with E-state index in [0.29, 0.717) is 10.9 Å². The van der Waals surface area contributed by atoms with Crippen molar-refractivity contribution in [2.45, 2.75) is 44.8 Å². The fraction of sp³-hybridized carbons (Fsp3) is 0.500. The van der Waals surface area contributed by atoms with Crippen molar-refractivity contribution in [3.05, 3.63) is 23.9 Å². The highest BCUT2D eigenvalue weighted by Crippen LogP contribution is 2.59. The van der Waals surface area contributed by atoms with Crippen molar-refractivity contribution in [2.24, 2.45) is 11.3 Å². The van der Waals surface area contributed by atoms with Crippen LogP contribution in [0.2, 0.25) is 0 Å². The fourth-order valence-corrected chi connectivity index (χ4v) is 4.62. The quantitative estimate of drug-likeness (QED) is 0.716. The van der Waals surface area contributed by atoms with Crippen molar-refractivity contribution in [3.63, 3.8) is 0 Å². The number of fused-ring (bicyclic) bond motifs is 1. The zero-order valence-electron chi connectivity index (χ0n) is 14.4. The summed E-state index contributed by atoms with van der Waals surface area (Å²) in [6, 6.07) is 2.68. The first-order valence-electron chi connectivity index (χ1n) is 8.78. The summed E-state index contributed by atoms with van der Waals surface area (Å²) in [5.41, 5.74) is 0.828. The zero-order valence-corrected chi connectivity index (χ0v) is 14.4. The molecule has 1 heterocycles. The molecule has 4 rings (SSSR count). The van der Waals surface area contributed by atoms with Crippen molar-refractivity contribution >= 4 is 22.8 Å². The molecular weight excluding hydrogens is 360 g/mol. The van der Waals surface area contributed by atoms with E-state index in [1.807, 2.05) is 0 Å². The fourth-order valence-electron chi connectivity index (χ4n) is 4.62. The first kappa shape index (κ1) is 17.7. The number of nitrogens with zero attached hydrogens (tertiary/aromatic N) is 1. The van der Waals surface area contributed by atoms with E-state index in [2.05, 4.69) is 20.3 Å². The van der Waals surface area contributed by atoms with Gasteiger partial charge in [-0.15, -0.1) is 0 Å². The number of amides is 1. The summed E-state index contributed by atoms with van der Waals surface area (Å²) in [6.45, 7) is -2.98. The Morgan fingerprint density at radius 3 is 2.74 bits per heavy atom. The topological polar surface area (TPSA) is 104 Å². The number of carboxylic acid groups (broad SMARTS) is 1. The average molecular weight is 379 g/mol. The number of hydrogen-bond donors (Lipinski definition) is 3. The molecule has 2 aliphatic carbocycles. The van der Waals surface area contributed by atoms with Crippen LogP contribution >= 0.6 is 0 Å². The molecular formula is C18H19F2N3O4. The number of hydrogen-bond acceptors (Lipinski definition) is 4. The lowest BCUT2D eigenvalue weighted by Crippen LogP contribution is -2.56. The third-order valence-electron chi connectivity index (χ3n) is 5.59. The van der Waals surface area contributed by atoms with Crippen LogP contribution in [0, 0.1) is 11.3 Å².